The Morgan fingerprint density at radius 3 is 2.75 bits per heavy atom. The zero-order valence-electron chi connectivity index (χ0n) is 20.0. The van der Waals surface area contributed by atoms with E-state index in [2.05, 4.69) is 36.6 Å². The molecule has 5 rings (SSSR count). The van der Waals surface area contributed by atoms with E-state index in [0.29, 0.717) is 31.0 Å². The van der Waals surface area contributed by atoms with Gasteiger partial charge in [0.05, 0.1) is 11.3 Å². The number of piperidine rings is 1. The second-order valence-electron chi connectivity index (χ2n) is 9.94. The minimum Gasteiger partial charge on any atom is -0.355 e. The molecule has 2 aromatic heterocycles. The molecule has 10 heteroatoms. The number of aromatic nitrogens is 3. The van der Waals surface area contributed by atoms with E-state index in [9.17, 15) is 18.0 Å². The minimum absolute atomic E-state index is 0.0854. The summed E-state index contributed by atoms with van der Waals surface area (Å²) in [5.74, 6) is 0.117. The van der Waals surface area contributed by atoms with Crippen LogP contribution in [0.5, 0.6) is 0 Å². The molecular weight excluding hydrogens is 469 g/mol. The predicted octanol–water partition coefficient (Wildman–Crippen LogP) is 5.83. The lowest BCUT2D eigenvalue weighted by Gasteiger charge is -2.34. The molecule has 1 aromatic carbocycles. The van der Waals surface area contributed by atoms with Gasteiger partial charge in [-0.15, -0.1) is 0 Å². The summed E-state index contributed by atoms with van der Waals surface area (Å²) in [7, 11) is 0. The lowest BCUT2D eigenvalue weighted by molar-refractivity contribution is -0.183. The van der Waals surface area contributed by atoms with E-state index in [4.69, 9.17) is 0 Å². The number of fused-ring (bicyclic) bond motifs is 1. The zero-order chi connectivity index (χ0) is 25.1. The molecule has 0 spiro atoms. The van der Waals surface area contributed by atoms with Crippen molar-refractivity contribution in [3.8, 4) is 0 Å². The summed E-state index contributed by atoms with van der Waals surface area (Å²) >= 11 is 0. The summed E-state index contributed by atoms with van der Waals surface area (Å²) < 4.78 is 38.6. The number of carbonyl (C=O) groups is 1. The molecule has 3 heterocycles. The highest BCUT2D eigenvalue weighted by Crippen LogP contribution is 2.39. The number of halogens is 3. The van der Waals surface area contributed by atoms with Gasteiger partial charge in [-0.2, -0.15) is 13.2 Å². The van der Waals surface area contributed by atoms with Crippen molar-refractivity contribution in [1.29, 1.82) is 0 Å². The van der Waals surface area contributed by atoms with Crippen LogP contribution in [0, 0.1) is 11.8 Å². The van der Waals surface area contributed by atoms with Crippen molar-refractivity contribution in [2.75, 3.05) is 29.9 Å². The van der Waals surface area contributed by atoms with E-state index in [0.717, 1.165) is 48.3 Å². The summed E-state index contributed by atoms with van der Waals surface area (Å²) in [6.07, 6.45) is 2.69. The fourth-order valence-corrected chi connectivity index (χ4v) is 5.53. The van der Waals surface area contributed by atoms with E-state index >= 15 is 0 Å². The van der Waals surface area contributed by atoms with Crippen molar-refractivity contribution >= 4 is 28.6 Å². The molecule has 1 saturated carbocycles. The molecule has 1 saturated heterocycles. The van der Waals surface area contributed by atoms with Gasteiger partial charge in [-0.3, -0.25) is 0 Å². The van der Waals surface area contributed by atoms with Crippen molar-refractivity contribution in [2.45, 2.75) is 50.6 Å². The zero-order valence-corrected chi connectivity index (χ0v) is 20.0. The molecule has 1 atom stereocenters. The molecule has 7 nitrogen and oxygen atoms in total. The molecular formula is C26H31F3N6O. The Hall–Kier alpha value is -3.30. The van der Waals surface area contributed by atoms with Gasteiger partial charge >= 0.3 is 12.2 Å². The molecule has 1 unspecified atom stereocenters. The maximum absolute atomic E-state index is 12.9. The number of rotatable bonds is 5. The first-order valence-corrected chi connectivity index (χ1v) is 12.6. The van der Waals surface area contributed by atoms with Gasteiger partial charge in [0.2, 0.25) is 0 Å². The fraction of sp³-hybridized carbons (Fsp3) is 0.500. The number of carbonyl (C=O) groups excluding carboxylic acids is 1. The highest BCUT2D eigenvalue weighted by molar-refractivity contribution is 5.89. The molecule has 2 fully saturated rings. The molecule has 3 aromatic rings. The maximum atomic E-state index is 12.9. The summed E-state index contributed by atoms with van der Waals surface area (Å²) in [4.78, 5) is 26.7. The van der Waals surface area contributed by atoms with Gasteiger partial charge in [-0.25, -0.2) is 14.8 Å². The second kappa shape index (κ2) is 10.4. The van der Waals surface area contributed by atoms with E-state index in [1.165, 1.54) is 0 Å². The Labute approximate surface area is 207 Å². The number of anilines is 2. The second-order valence-corrected chi connectivity index (χ2v) is 9.94. The molecule has 1 aliphatic heterocycles. The highest BCUT2D eigenvalue weighted by atomic mass is 19.4. The normalized spacial score (nSPS) is 23.0. The number of hydrogen-bond donors (Lipinski definition) is 3. The molecule has 192 valence electrons. The number of aromatic amines is 1. The van der Waals surface area contributed by atoms with Gasteiger partial charge in [-0.1, -0.05) is 12.1 Å². The van der Waals surface area contributed by atoms with Crippen molar-refractivity contribution in [1.82, 2.24) is 20.3 Å². The van der Waals surface area contributed by atoms with Gasteiger partial charge in [0.1, 0.15) is 17.8 Å². The van der Waals surface area contributed by atoms with Crippen molar-refractivity contribution in [3.63, 3.8) is 0 Å². The van der Waals surface area contributed by atoms with E-state index in [-0.39, 0.29) is 24.8 Å². The monoisotopic (exact) mass is 500 g/mol. The number of urea groups is 1. The number of H-pyrrole nitrogens is 1. The Bertz CT molecular complexity index is 1190. The number of alkyl halides is 3. The third-order valence-corrected chi connectivity index (χ3v) is 7.53. The summed E-state index contributed by atoms with van der Waals surface area (Å²) in [5.41, 5.74) is 2.69. The Morgan fingerprint density at radius 2 is 1.94 bits per heavy atom. The largest absolute Gasteiger partial charge is 0.391 e. The van der Waals surface area contributed by atoms with Gasteiger partial charge < -0.3 is 20.5 Å². The molecule has 0 bridgehead atoms. The van der Waals surface area contributed by atoms with Gasteiger partial charge in [0.25, 0.3) is 0 Å². The quantitative estimate of drug-likeness (QED) is 0.411. The van der Waals surface area contributed by atoms with Crippen LogP contribution in [-0.4, -0.2) is 46.8 Å². The third kappa shape index (κ3) is 5.57. The van der Waals surface area contributed by atoms with Crippen molar-refractivity contribution in [3.05, 3.63) is 48.4 Å². The van der Waals surface area contributed by atoms with Crippen LogP contribution in [0.15, 0.2) is 42.9 Å². The van der Waals surface area contributed by atoms with Gasteiger partial charge in [-0.05, 0) is 68.2 Å². The molecule has 2 amide bonds. The number of benzene rings is 1. The molecule has 36 heavy (non-hydrogen) atoms. The fourth-order valence-electron chi connectivity index (χ4n) is 5.53. The smallest absolute Gasteiger partial charge is 0.355 e. The van der Waals surface area contributed by atoms with Crippen LogP contribution in [-0.2, 0) is 0 Å². The molecule has 1 aliphatic carbocycles. The van der Waals surface area contributed by atoms with Crippen LogP contribution in [0.1, 0.15) is 50.0 Å². The summed E-state index contributed by atoms with van der Waals surface area (Å²) in [6, 6.07) is 9.56. The SMILES string of the molecule is O=C(NCC1CCC(C(F)(F)F)CC1)Nc1cccc(C2CCCN(c3ncnc4[nH]ccc34)C2)c1. The average molecular weight is 501 g/mol. The Kier molecular flexibility index (Phi) is 7.02. The number of nitrogens with one attached hydrogen (secondary N) is 3. The van der Waals surface area contributed by atoms with Crippen LogP contribution in [0.3, 0.4) is 0 Å². The lowest BCUT2D eigenvalue weighted by Crippen LogP contribution is -2.36. The lowest BCUT2D eigenvalue weighted by atomic mass is 9.81. The van der Waals surface area contributed by atoms with Crippen LogP contribution in [0.2, 0.25) is 0 Å². The Balaban J connectivity index is 1.16. The standard InChI is InChI=1S/C26H31F3N6O/c27-26(28,29)20-8-6-17(7-9-20)14-31-25(36)34-21-5-1-3-18(13-21)19-4-2-12-35(15-19)24-22-10-11-30-23(22)32-16-33-24/h1,3,5,10-11,13,16-17,19-20H,2,4,6-9,12,14-15H2,(H,30,32,33)(H2,31,34,36). The van der Waals surface area contributed by atoms with E-state index < -0.39 is 12.1 Å². The first kappa shape index (κ1) is 24.4. The van der Waals surface area contributed by atoms with E-state index in [1.54, 1.807) is 6.33 Å². The Morgan fingerprint density at radius 1 is 1.11 bits per heavy atom. The number of amides is 2. The topological polar surface area (TPSA) is 85.9 Å². The average Bonchev–Trinajstić information content (AvgIpc) is 3.37. The predicted molar refractivity (Wildman–Crippen MR) is 133 cm³/mol. The third-order valence-electron chi connectivity index (χ3n) is 7.53. The first-order chi connectivity index (χ1) is 17.4. The van der Waals surface area contributed by atoms with Crippen LogP contribution >= 0.6 is 0 Å². The summed E-state index contributed by atoms with van der Waals surface area (Å²) in [6.45, 7) is 2.15. The highest BCUT2D eigenvalue weighted by Gasteiger charge is 2.41. The van der Waals surface area contributed by atoms with Gasteiger partial charge in [0.15, 0.2) is 0 Å². The minimum atomic E-state index is -4.11. The summed E-state index contributed by atoms with van der Waals surface area (Å²) in [5, 5.41) is 6.74. The van der Waals surface area contributed by atoms with Crippen LogP contribution in [0.4, 0.5) is 29.5 Å². The molecule has 0 radical (unpaired) electrons. The van der Waals surface area contributed by atoms with E-state index in [1.807, 2.05) is 30.5 Å². The van der Waals surface area contributed by atoms with Crippen LogP contribution < -0.4 is 15.5 Å². The van der Waals surface area contributed by atoms with Crippen LogP contribution in [0.25, 0.3) is 11.0 Å². The number of hydrogen-bond acceptors (Lipinski definition) is 4. The van der Waals surface area contributed by atoms with Gasteiger partial charge in [0, 0.05) is 37.4 Å². The van der Waals surface area contributed by atoms with Crippen molar-refractivity contribution in [2.24, 2.45) is 11.8 Å². The maximum Gasteiger partial charge on any atom is 0.391 e. The van der Waals surface area contributed by atoms with Crippen molar-refractivity contribution < 1.29 is 18.0 Å². The molecule has 2 aliphatic rings. The number of nitrogens with zero attached hydrogens (tertiary/aromatic N) is 3. The molecule has 3 N–H and O–H groups in total. The first-order valence-electron chi connectivity index (χ1n) is 12.6.